The third-order valence-electron chi connectivity index (χ3n) is 9.63. The van der Waals surface area contributed by atoms with Crippen LogP contribution in [0.15, 0.2) is 18.2 Å². The smallest absolute Gasteiger partial charge is 0.274 e. The molecule has 0 N–H and O–H groups in total. The molecular formula is C28H32F2N4O2. The van der Waals surface area contributed by atoms with Gasteiger partial charge in [-0.1, -0.05) is 0 Å². The molecule has 4 saturated carbocycles. The van der Waals surface area contributed by atoms with E-state index in [-0.39, 0.29) is 11.3 Å². The van der Waals surface area contributed by atoms with Crippen LogP contribution in [0.2, 0.25) is 0 Å². The van der Waals surface area contributed by atoms with Crippen molar-refractivity contribution < 1.29 is 18.4 Å². The van der Waals surface area contributed by atoms with Crippen LogP contribution in [0.5, 0.6) is 0 Å². The van der Waals surface area contributed by atoms with E-state index in [2.05, 4.69) is 5.10 Å². The number of halogens is 2. The minimum absolute atomic E-state index is 0.128. The SMILES string of the molecule is O=C(c1nn(-c2ccc(F)c(F)c2)c2c1CCC2)N1CCN(C(=O)C23CC4CC(CC(C4)C2)C3)CC1. The van der Waals surface area contributed by atoms with Gasteiger partial charge in [-0.25, -0.2) is 13.5 Å². The predicted octanol–water partition coefficient (Wildman–Crippen LogP) is 4.14. The van der Waals surface area contributed by atoms with E-state index >= 15 is 0 Å². The van der Waals surface area contributed by atoms with E-state index in [1.54, 1.807) is 9.58 Å². The summed E-state index contributed by atoms with van der Waals surface area (Å²) in [5.41, 5.74) is 2.51. The number of fused-ring (bicyclic) bond motifs is 1. The highest BCUT2D eigenvalue weighted by Crippen LogP contribution is 2.60. The van der Waals surface area contributed by atoms with Gasteiger partial charge in [0, 0.05) is 43.5 Å². The molecule has 190 valence electrons. The van der Waals surface area contributed by atoms with Gasteiger partial charge in [-0.2, -0.15) is 5.10 Å². The summed E-state index contributed by atoms with van der Waals surface area (Å²) in [5.74, 6) is 0.565. The number of carbonyl (C=O) groups is 2. The molecule has 36 heavy (non-hydrogen) atoms. The lowest BCUT2D eigenvalue weighted by Crippen LogP contribution is -2.58. The van der Waals surface area contributed by atoms with Gasteiger partial charge in [0.2, 0.25) is 5.91 Å². The molecule has 1 aliphatic heterocycles. The summed E-state index contributed by atoms with van der Waals surface area (Å²) in [5, 5.41) is 4.58. The van der Waals surface area contributed by atoms with Crippen LogP contribution in [0.3, 0.4) is 0 Å². The minimum atomic E-state index is -0.928. The molecule has 6 aliphatic rings. The molecule has 0 atom stereocenters. The highest BCUT2D eigenvalue weighted by atomic mass is 19.2. The molecule has 1 saturated heterocycles. The van der Waals surface area contributed by atoms with Gasteiger partial charge in [0.25, 0.3) is 5.91 Å². The number of rotatable bonds is 3. The summed E-state index contributed by atoms with van der Waals surface area (Å²) in [6.07, 6.45) is 9.54. The average Bonchev–Trinajstić information content (AvgIpc) is 3.47. The zero-order valence-corrected chi connectivity index (χ0v) is 20.5. The van der Waals surface area contributed by atoms with Crippen molar-refractivity contribution in [2.45, 2.75) is 57.8 Å². The second-order valence-electron chi connectivity index (χ2n) is 11.9. The van der Waals surface area contributed by atoms with Crippen molar-refractivity contribution in [2.75, 3.05) is 26.2 Å². The second kappa shape index (κ2) is 8.12. The van der Waals surface area contributed by atoms with Crippen LogP contribution in [0.4, 0.5) is 8.78 Å². The first-order chi connectivity index (χ1) is 17.4. The van der Waals surface area contributed by atoms with E-state index in [0.29, 0.717) is 43.5 Å². The van der Waals surface area contributed by atoms with Gasteiger partial charge in [-0.3, -0.25) is 9.59 Å². The van der Waals surface area contributed by atoms with Crippen molar-refractivity contribution in [3.8, 4) is 5.69 Å². The number of hydrogen-bond donors (Lipinski definition) is 0. The topological polar surface area (TPSA) is 58.4 Å². The maximum absolute atomic E-state index is 13.9. The van der Waals surface area contributed by atoms with Crippen LogP contribution < -0.4 is 0 Å². The number of piperazine rings is 1. The molecule has 2 amide bonds. The lowest BCUT2D eigenvalue weighted by Gasteiger charge is -2.57. The van der Waals surface area contributed by atoms with Gasteiger partial charge in [0.1, 0.15) is 0 Å². The average molecular weight is 495 g/mol. The fourth-order valence-electron chi connectivity index (χ4n) is 8.41. The molecule has 0 unspecified atom stereocenters. The summed E-state index contributed by atoms with van der Waals surface area (Å²) < 4.78 is 29.0. The van der Waals surface area contributed by atoms with Gasteiger partial charge in [0.05, 0.1) is 11.1 Å². The Morgan fingerprint density at radius 3 is 2.14 bits per heavy atom. The van der Waals surface area contributed by atoms with Gasteiger partial charge in [-0.15, -0.1) is 0 Å². The van der Waals surface area contributed by atoms with Crippen molar-refractivity contribution in [3.63, 3.8) is 0 Å². The molecule has 2 aromatic rings. The Morgan fingerprint density at radius 2 is 1.50 bits per heavy atom. The quantitative estimate of drug-likeness (QED) is 0.645. The molecular weight excluding hydrogens is 462 g/mol. The number of hydrogen-bond acceptors (Lipinski definition) is 3. The molecule has 4 bridgehead atoms. The largest absolute Gasteiger partial charge is 0.339 e. The number of amides is 2. The van der Waals surface area contributed by atoms with E-state index in [0.717, 1.165) is 79.7 Å². The Morgan fingerprint density at radius 1 is 0.861 bits per heavy atom. The Kier molecular flexibility index (Phi) is 5.06. The summed E-state index contributed by atoms with van der Waals surface area (Å²) in [6, 6.07) is 3.71. The molecule has 5 aliphatic carbocycles. The van der Waals surface area contributed by atoms with Crippen molar-refractivity contribution in [2.24, 2.45) is 23.2 Å². The fraction of sp³-hybridized carbons (Fsp3) is 0.607. The first-order valence-corrected chi connectivity index (χ1v) is 13.5. The summed E-state index contributed by atoms with van der Waals surface area (Å²) in [6.45, 7) is 2.14. The molecule has 2 heterocycles. The number of nitrogens with zero attached hydrogens (tertiary/aromatic N) is 4. The molecule has 1 aromatic carbocycles. The molecule has 1 aromatic heterocycles. The van der Waals surface area contributed by atoms with Gasteiger partial charge in [-0.05, 0) is 87.7 Å². The van der Waals surface area contributed by atoms with Crippen LogP contribution in [-0.4, -0.2) is 57.6 Å². The van der Waals surface area contributed by atoms with E-state index < -0.39 is 11.6 Å². The van der Waals surface area contributed by atoms with Gasteiger partial charge in [0.15, 0.2) is 17.3 Å². The van der Waals surface area contributed by atoms with Crippen LogP contribution in [0, 0.1) is 34.8 Å². The van der Waals surface area contributed by atoms with Gasteiger partial charge >= 0.3 is 0 Å². The van der Waals surface area contributed by atoms with Crippen LogP contribution in [-0.2, 0) is 17.6 Å². The first kappa shape index (κ1) is 22.4. The Hall–Kier alpha value is -2.77. The van der Waals surface area contributed by atoms with Crippen LogP contribution >= 0.6 is 0 Å². The number of aromatic nitrogens is 2. The summed E-state index contributed by atoms with van der Waals surface area (Å²) in [4.78, 5) is 31.1. The zero-order valence-electron chi connectivity index (χ0n) is 20.5. The third-order valence-corrected chi connectivity index (χ3v) is 9.63. The van der Waals surface area contributed by atoms with Crippen LogP contribution in [0.25, 0.3) is 5.69 Å². The van der Waals surface area contributed by atoms with Crippen molar-refractivity contribution in [1.29, 1.82) is 0 Å². The number of benzene rings is 1. The highest BCUT2D eigenvalue weighted by molar-refractivity contribution is 5.94. The van der Waals surface area contributed by atoms with E-state index in [1.807, 2.05) is 4.90 Å². The maximum Gasteiger partial charge on any atom is 0.274 e. The lowest BCUT2D eigenvalue weighted by molar-refractivity contribution is -0.159. The standard InChI is InChI=1S/C28H32F2N4O2/c29-22-5-4-20(13-23(22)30)34-24-3-1-2-21(24)25(31-34)26(35)32-6-8-33(9-7-32)27(36)28-14-17-10-18(15-28)12-19(11-17)16-28/h4-5,13,17-19H,1-3,6-12,14-16H2. The van der Waals surface area contributed by atoms with Crippen LogP contribution in [0.1, 0.15) is 66.7 Å². The summed E-state index contributed by atoms with van der Waals surface area (Å²) in [7, 11) is 0. The molecule has 8 heteroatoms. The Bertz CT molecular complexity index is 1210. The molecule has 5 fully saturated rings. The maximum atomic E-state index is 13.9. The van der Waals surface area contributed by atoms with Crippen molar-refractivity contribution in [1.82, 2.24) is 19.6 Å². The first-order valence-electron chi connectivity index (χ1n) is 13.5. The van der Waals surface area contributed by atoms with E-state index in [1.165, 1.54) is 25.3 Å². The Labute approximate surface area is 209 Å². The molecule has 6 nitrogen and oxygen atoms in total. The monoisotopic (exact) mass is 494 g/mol. The van der Waals surface area contributed by atoms with Crippen molar-refractivity contribution in [3.05, 3.63) is 46.8 Å². The highest BCUT2D eigenvalue weighted by Gasteiger charge is 2.55. The minimum Gasteiger partial charge on any atom is -0.339 e. The van der Waals surface area contributed by atoms with Crippen molar-refractivity contribution >= 4 is 11.8 Å². The third kappa shape index (κ3) is 3.43. The fourth-order valence-corrected chi connectivity index (χ4v) is 8.41. The van der Waals surface area contributed by atoms with E-state index in [9.17, 15) is 18.4 Å². The molecule has 0 spiro atoms. The second-order valence-corrected chi connectivity index (χ2v) is 11.9. The summed E-state index contributed by atoms with van der Waals surface area (Å²) >= 11 is 0. The lowest BCUT2D eigenvalue weighted by atomic mass is 9.49. The predicted molar refractivity (Wildman–Crippen MR) is 129 cm³/mol. The molecule has 0 radical (unpaired) electrons. The zero-order chi connectivity index (χ0) is 24.6. The Balaban J connectivity index is 1.07. The van der Waals surface area contributed by atoms with Gasteiger partial charge < -0.3 is 9.80 Å². The normalized spacial score (nSPS) is 30.7. The number of carbonyl (C=O) groups excluding carboxylic acids is 2. The van der Waals surface area contributed by atoms with E-state index in [4.69, 9.17) is 0 Å². The molecule has 8 rings (SSSR count).